The van der Waals surface area contributed by atoms with Crippen LogP contribution in [0.1, 0.15) is 34.2 Å². The molecule has 0 aromatic carbocycles. The number of aromatic amines is 1. The minimum atomic E-state index is -0.551. The van der Waals surface area contributed by atoms with E-state index in [1.165, 1.54) is 12.3 Å². The molecule has 0 atom stereocenters. The Balaban J connectivity index is 0.00000289. The maximum Gasteiger partial charge on any atom is 0.267 e. The van der Waals surface area contributed by atoms with E-state index in [4.69, 9.17) is 5.73 Å². The first kappa shape index (κ1) is 16.5. The Bertz CT molecular complexity index is 392. The SMILES string of the molecule is CCCNCCNC(=O)c1cc(C(N)=O)c[nH]1.Cl. The van der Waals surface area contributed by atoms with E-state index >= 15 is 0 Å². The van der Waals surface area contributed by atoms with Gasteiger partial charge in [-0.25, -0.2) is 0 Å². The number of halogens is 1. The van der Waals surface area contributed by atoms with Gasteiger partial charge in [0.25, 0.3) is 5.91 Å². The minimum absolute atomic E-state index is 0. The quantitative estimate of drug-likeness (QED) is 0.537. The van der Waals surface area contributed by atoms with E-state index in [9.17, 15) is 9.59 Å². The van der Waals surface area contributed by atoms with Crippen LogP contribution in [-0.4, -0.2) is 36.4 Å². The normalized spacial score (nSPS) is 9.61. The fourth-order valence-corrected chi connectivity index (χ4v) is 1.33. The second-order valence-electron chi connectivity index (χ2n) is 3.67. The number of rotatable bonds is 7. The van der Waals surface area contributed by atoms with E-state index in [1.54, 1.807) is 0 Å². The van der Waals surface area contributed by atoms with E-state index in [0.29, 0.717) is 17.8 Å². The van der Waals surface area contributed by atoms with Crippen LogP contribution in [0.4, 0.5) is 0 Å². The average Bonchev–Trinajstić information content (AvgIpc) is 2.78. The summed E-state index contributed by atoms with van der Waals surface area (Å²) in [6, 6.07) is 1.44. The lowest BCUT2D eigenvalue weighted by molar-refractivity contribution is 0.0949. The summed E-state index contributed by atoms with van der Waals surface area (Å²) in [5, 5.41) is 5.89. The number of nitrogens with one attached hydrogen (secondary N) is 3. The summed E-state index contributed by atoms with van der Waals surface area (Å²) in [7, 11) is 0. The Morgan fingerprint density at radius 3 is 2.61 bits per heavy atom. The van der Waals surface area contributed by atoms with Crippen LogP contribution in [-0.2, 0) is 0 Å². The number of carbonyl (C=O) groups is 2. The van der Waals surface area contributed by atoms with Crippen LogP contribution in [0.15, 0.2) is 12.3 Å². The minimum Gasteiger partial charge on any atom is -0.366 e. The van der Waals surface area contributed by atoms with Crippen LogP contribution in [0.5, 0.6) is 0 Å². The third kappa shape index (κ3) is 5.20. The Hall–Kier alpha value is -1.53. The highest BCUT2D eigenvalue weighted by Gasteiger charge is 2.09. The van der Waals surface area contributed by atoms with Crippen molar-refractivity contribution in [2.75, 3.05) is 19.6 Å². The first-order valence-electron chi connectivity index (χ1n) is 5.62. The molecule has 0 saturated heterocycles. The van der Waals surface area contributed by atoms with E-state index in [-0.39, 0.29) is 18.3 Å². The van der Waals surface area contributed by atoms with Crippen molar-refractivity contribution in [3.63, 3.8) is 0 Å². The molecule has 0 bridgehead atoms. The van der Waals surface area contributed by atoms with Crippen LogP contribution in [0.2, 0.25) is 0 Å². The molecule has 0 aliphatic heterocycles. The van der Waals surface area contributed by atoms with E-state index < -0.39 is 5.91 Å². The van der Waals surface area contributed by atoms with Gasteiger partial charge in [-0.15, -0.1) is 12.4 Å². The van der Waals surface area contributed by atoms with E-state index in [1.807, 2.05) is 0 Å². The summed E-state index contributed by atoms with van der Waals surface area (Å²) in [6.45, 7) is 4.28. The van der Waals surface area contributed by atoms with Crippen LogP contribution >= 0.6 is 12.4 Å². The number of amides is 2. The maximum atomic E-state index is 11.6. The molecule has 1 rings (SSSR count). The molecule has 6 nitrogen and oxygen atoms in total. The van der Waals surface area contributed by atoms with Crippen molar-refractivity contribution in [1.29, 1.82) is 0 Å². The molecule has 0 saturated carbocycles. The van der Waals surface area contributed by atoms with Crippen LogP contribution < -0.4 is 16.4 Å². The third-order valence-electron chi connectivity index (χ3n) is 2.23. The predicted molar refractivity (Wildman–Crippen MR) is 72.1 cm³/mol. The molecule has 1 heterocycles. The van der Waals surface area contributed by atoms with Crippen LogP contribution in [0.25, 0.3) is 0 Å². The molecule has 0 unspecified atom stereocenters. The molecule has 2 amide bonds. The summed E-state index contributed by atoms with van der Waals surface area (Å²) < 4.78 is 0. The standard InChI is InChI=1S/C11H18N4O2.ClH/c1-2-3-13-4-5-14-11(17)9-6-8(7-15-9)10(12)16;/h6-7,13,15H,2-5H2,1H3,(H2,12,16)(H,14,17);1H. The van der Waals surface area contributed by atoms with E-state index in [2.05, 4.69) is 22.5 Å². The van der Waals surface area contributed by atoms with Gasteiger partial charge in [0.2, 0.25) is 5.91 Å². The molecule has 0 aliphatic carbocycles. The van der Waals surface area contributed by atoms with Crippen LogP contribution in [0, 0.1) is 0 Å². The molecule has 0 radical (unpaired) electrons. The van der Waals surface area contributed by atoms with Gasteiger partial charge in [0.05, 0.1) is 5.56 Å². The summed E-state index contributed by atoms with van der Waals surface area (Å²) >= 11 is 0. The summed E-state index contributed by atoms with van der Waals surface area (Å²) in [4.78, 5) is 25.1. The van der Waals surface area contributed by atoms with Gasteiger partial charge in [-0.2, -0.15) is 0 Å². The molecule has 0 fully saturated rings. The van der Waals surface area contributed by atoms with Crippen molar-refractivity contribution in [3.05, 3.63) is 23.5 Å². The number of nitrogens with two attached hydrogens (primary N) is 1. The van der Waals surface area contributed by atoms with Crippen molar-refractivity contribution in [3.8, 4) is 0 Å². The zero-order valence-corrected chi connectivity index (χ0v) is 11.1. The van der Waals surface area contributed by atoms with Crippen molar-refractivity contribution in [2.24, 2.45) is 5.73 Å². The topological polar surface area (TPSA) is 100 Å². The molecule has 102 valence electrons. The van der Waals surface area contributed by atoms with Gasteiger partial charge in [0.15, 0.2) is 0 Å². The number of hydrogen-bond donors (Lipinski definition) is 4. The van der Waals surface area contributed by atoms with Gasteiger partial charge in [-0.3, -0.25) is 9.59 Å². The summed E-state index contributed by atoms with van der Waals surface area (Å²) in [6.07, 6.45) is 2.49. The number of primary amides is 1. The highest BCUT2D eigenvalue weighted by atomic mass is 35.5. The lowest BCUT2D eigenvalue weighted by Crippen LogP contribution is -2.32. The second kappa shape index (κ2) is 8.54. The number of aromatic nitrogens is 1. The van der Waals surface area contributed by atoms with Crippen molar-refractivity contribution in [2.45, 2.75) is 13.3 Å². The molecule has 1 aromatic heterocycles. The van der Waals surface area contributed by atoms with Crippen molar-refractivity contribution >= 4 is 24.2 Å². The number of H-pyrrole nitrogens is 1. The Morgan fingerprint density at radius 2 is 2.06 bits per heavy atom. The zero-order valence-electron chi connectivity index (χ0n) is 10.3. The van der Waals surface area contributed by atoms with Crippen molar-refractivity contribution in [1.82, 2.24) is 15.6 Å². The monoisotopic (exact) mass is 274 g/mol. The highest BCUT2D eigenvalue weighted by molar-refractivity contribution is 5.98. The lowest BCUT2D eigenvalue weighted by atomic mass is 10.3. The van der Waals surface area contributed by atoms with Crippen LogP contribution in [0.3, 0.4) is 0 Å². The first-order valence-corrected chi connectivity index (χ1v) is 5.62. The predicted octanol–water partition coefficient (Wildman–Crippen LogP) is 0.265. The maximum absolute atomic E-state index is 11.6. The number of hydrogen-bond acceptors (Lipinski definition) is 3. The average molecular weight is 275 g/mol. The largest absolute Gasteiger partial charge is 0.366 e. The van der Waals surface area contributed by atoms with Gasteiger partial charge < -0.3 is 21.4 Å². The van der Waals surface area contributed by atoms with Gasteiger partial charge in [-0.1, -0.05) is 6.92 Å². The molecule has 1 aromatic rings. The van der Waals surface area contributed by atoms with Gasteiger partial charge >= 0.3 is 0 Å². The fraction of sp³-hybridized carbons (Fsp3) is 0.455. The number of carbonyl (C=O) groups excluding carboxylic acids is 2. The summed E-state index contributed by atoms with van der Waals surface area (Å²) in [5.74, 6) is -0.791. The smallest absolute Gasteiger partial charge is 0.267 e. The van der Waals surface area contributed by atoms with Gasteiger partial charge in [0.1, 0.15) is 5.69 Å². The highest BCUT2D eigenvalue weighted by Crippen LogP contribution is 2.01. The van der Waals surface area contributed by atoms with Crippen molar-refractivity contribution < 1.29 is 9.59 Å². The molecular formula is C11H19ClN4O2. The van der Waals surface area contributed by atoms with E-state index in [0.717, 1.165) is 19.5 Å². The fourth-order valence-electron chi connectivity index (χ4n) is 1.33. The second-order valence-corrected chi connectivity index (χ2v) is 3.67. The zero-order chi connectivity index (χ0) is 12.7. The third-order valence-corrected chi connectivity index (χ3v) is 2.23. The van der Waals surface area contributed by atoms with Gasteiger partial charge in [-0.05, 0) is 19.0 Å². The Morgan fingerprint density at radius 1 is 1.33 bits per heavy atom. The Kier molecular flexibility index (Phi) is 7.82. The lowest BCUT2D eigenvalue weighted by Gasteiger charge is -2.04. The summed E-state index contributed by atoms with van der Waals surface area (Å²) in [5.41, 5.74) is 5.73. The molecule has 0 spiro atoms. The Labute approximate surface area is 112 Å². The molecule has 7 heteroatoms. The molecular weight excluding hydrogens is 256 g/mol. The molecule has 18 heavy (non-hydrogen) atoms. The van der Waals surface area contributed by atoms with Gasteiger partial charge in [0, 0.05) is 19.3 Å². The first-order chi connectivity index (χ1) is 8.15. The molecule has 5 N–H and O–H groups in total. The molecule has 0 aliphatic rings.